The van der Waals surface area contributed by atoms with Gasteiger partial charge < -0.3 is 10.2 Å². The number of hydrogen-bond donors (Lipinski definition) is 1. The standard InChI is InChI=1S/C23H27N5O2/c1-26-23(30)28(20-12-6-3-7-13-20)21(25-26)19-11-8-16-27(17-19)22(29)24-15-14-18-9-4-2-5-10-18/h2-7,9-10,12-13,19H,8,11,14-17H2,1H3,(H,24,29). The van der Waals surface area contributed by atoms with Gasteiger partial charge in [-0.3, -0.25) is 0 Å². The van der Waals surface area contributed by atoms with Crippen LogP contribution < -0.4 is 11.0 Å². The van der Waals surface area contributed by atoms with Gasteiger partial charge >= 0.3 is 11.7 Å². The zero-order valence-corrected chi connectivity index (χ0v) is 17.2. The number of benzene rings is 2. The molecule has 0 bridgehead atoms. The topological polar surface area (TPSA) is 72.2 Å². The summed E-state index contributed by atoms with van der Waals surface area (Å²) in [6, 6.07) is 19.6. The van der Waals surface area contributed by atoms with Gasteiger partial charge in [-0.1, -0.05) is 48.5 Å². The number of aryl methyl sites for hydroxylation is 1. The molecule has 7 heteroatoms. The fourth-order valence-corrected chi connectivity index (χ4v) is 4.01. The first-order valence-electron chi connectivity index (χ1n) is 10.4. The lowest BCUT2D eigenvalue weighted by Gasteiger charge is -2.32. The smallest absolute Gasteiger partial charge is 0.338 e. The molecule has 0 aliphatic carbocycles. The number of amides is 2. The van der Waals surface area contributed by atoms with Crippen molar-refractivity contribution in [2.45, 2.75) is 25.2 Å². The van der Waals surface area contributed by atoms with Gasteiger partial charge in [-0.25, -0.2) is 18.8 Å². The second kappa shape index (κ2) is 8.98. The Kier molecular flexibility index (Phi) is 5.97. The molecule has 2 aromatic carbocycles. The largest absolute Gasteiger partial charge is 0.350 e. The highest BCUT2D eigenvalue weighted by Crippen LogP contribution is 2.26. The zero-order chi connectivity index (χ0) is 20.9. The molecule has 1 saturated heterocycles. The van der Waals surface area contributed by atoms with Crippen LogP contribution in [0.2, 0.25) is 0 Å². The number of carbonyl (C=O) groups excluding carboxylic acids is 1. The van der Waals surface area contributed by atoms with Crippen molar-refractivity contribution in [1.29, 1.82) is 0 Å². The Morgan fingerprint density at radius 1 is 1.10 bits per heavy atom. The summed E-state index contributed by atoms with van der Waals surface area (Å²) >= 11 is 0. The predicted octanol–water partition coefficient (Wildman–Crippen LogP) is 2.70. The summed E-state index contributed by atoms with van der Waals surface area (Å²) in [4.78, 5) is 27.2. The normalized spacial score (nSPS) is 16.4. The van der Waals surface area contributed by atoms with E-state index in [1.807, 2.05) is 53.4 Å². The van der Waals surface area contributed by atoms with Gasteiger partial charge in [-0.2, -0.15) is 5.10 Å². The number of carbonyl (C=O) groups is 1. The van der Waals surface area contributed by atoms with Gasteiger partial charge in [-0.05, 0) is 37.0 Å². The van der Waals surface area contributed by atoms with Crippen LogP contribution in [0.5, 0.6) is 0 Å². The Hall–Kier alpha value is -3.35. The Labute approximate surface area is 175 Å². The Morgan fingerprint density at radius 2 is 1.80 bits per heavy atom. The van der Waals surface area contributed by atoms with E-state index in [-0.39, 0.29) is 17.6 Å². The van der Waals surface area contributed by atoms with E-state index in [2.05, 4.69) is 22.5 Å². The lowest BCUT2D eigenvalue weighted by atomic mass is 9.97. The summed E-state index contributed by atoms with van der Waals surface area (Å²) in [5, 5.41) is 7.54. The zero-order valence-electron chi connectivity index (χ0n) is 17.2. The molecule has 3 aromatic rings. The number of rotatable bonds is 5. The Balaban J connectivity index is 1.45. The summed E-state index contributed by atoms with van der Waals surface area (Å²) in [5.74, 6) is 0.739. The number of aromatic nitrogens is 3. The fourth-order valence-electron chi connectivity index (χ4n) is 4.01. The van der Waals surface area contributed by atoms with E-state index in [4.69, 9.17) is 0 Å². The maximum Gasteiger partial charge on any atom is 0.350 e. The summed E-state index contributed by atoms with van der Waals surface area (Å²) in [5.41, 5.74) is 1.84. The van der Waals surface area contributed by atoms with E-state index in [0.29, 0.717) is 13.1 Å². The molecule has 30 heavy (non-hydrogen) atoms. The highest BCUT2D eigenvalue weighted by atomic mass is 16.2. The Bertz CT molecular complexity index is 1040. The highest BCUT2D eigenvalue weighted by molar-refractivity contribution is 5.74. The number of para-hydroxylation sites is 1. The molecular formula is C23H27N5O2. The van der Waals surface area contributed by atoms with Gasteiger partial charge in [0.2, 0.25) is 0 Å². The van der Waals surface area contributed by atoms with Crippen LogP contribution in [0.1, 0.15) is 30.1 Å². The van der Waals surface area contributed by atoms with Crippen LogP contribution in [0, 0.1) is 0 Å². The van der Waals surface area contributed by atoms with Crippen molar-refractivity contribution in [3.8, 4) is 5.69 Å². The molecular weight excluding hydrogens is 378 g/mol. The van der Waals surface area contributed by atoms with Crippen LogP contribution >= 0.6 is 0 Å². The summed E-state index contributed by atoms with van der Waals surface area (Å²) in [7, 11) is 1.67. The van der Waals surface area contributed by atoms with Crippen LogP contribution in [0.15, 0.2) is 65.5 Å². The lowest BCUT2D eigenvalue weighted by molar-refractivity contribution is 0.178. The number of urea groups is 1. The van der Waals surface area contributed by atoms with Crippen LogP contribution in [0.4, 0.5) is 4.79 Å². The van der Waals surface area contributed by atoms with E-state index in [9.17, 15) is 9.59 Å². The third-order valence-electron chi connectivity index (χ3n) is 5.57. The van der Waals surface area contributed by atoms with Gasteiger partial charge in [0.05, 0.1) is 5.69 Å². The second-order valence-corrected chi connectivity index (χ2v) is 7.69. The highest BCUT2D eigenvalue weighted by Gasteiger charge is 2.29. The van der Waals surface area contributed by atoms with Gasteiger partial charge in [-0.15, -0.1) is 0 Å². The molecule has 1 unspecified atom stereocenters. The maximum atomic E-state index is 12.7. The molecule has 0 radical (unpaired) electrons. The quantitative estimate of drug-likeness (QED) is 0.709. The minimum atomic E-state index is -0.166. The lowest BCUT2D eigenvalue weighted by Crippen LogP contribution is -2.45. The average molecular weight is 406 g/mol. The van der Waals surface area contributed by atoms with Crippen molar-refractivity contribution < 1.29 is 4.79 Å². The number of piperidine rings is 1. The Morgan fingerprint density at radius 3 is 2.53 bits per heavy atom. The third kappa shape index (κ3) is 4.30. The first-order valence-corrected chi connectivity index (χ1v) is 10.4. The predicted molar refractivity (Wildman–Crippen MR) is 116 cm³/mol. The molecule has 2 heterocycles. The van der Waals surface area contributed by atoms with Crippen LogP contribution in [-0.2, 0) is 13.5 Å². The van der Waals surface area contributed by atoms with Crippen LogP contribution in [0.3, 0.4) is 0 Å². The molecule has 156 valence electrons. The van der Waals surface area contributed by atoms with E-state index in [1.165, 1.54) is 10.2 Å². The molecule has 0 saturated carbocycles. The van der Waals surface area contributed by atoms with Crippen molar-refractivity contribution in [3.05, 3.63) is 82.5 Å². The molecule has 4 rings (SSSR count). The number of likely N-dealkylation sites (tertiary alicyclic amines) is 1. The minimum Gasteiger partial charge on any atom is -0.338 e. The monoisotopic (exact) mass is 405 g/mol. The molecule has 1 aliphatic rings. The molecule has 1 aliphatic heterocycles. The molecule has 1 aromatic heterocycles. The van der Waals surface area contributed by atoms with Gasteiger partial charge in [0, 0.05) is 32.6 Å². The average Bonchev–Trinajstić information content (AvgIpc) is 3.09. The number of nitrogens with one attached hydrogen (secondary N) is 1. The molecule has 1 atom stereocenters. The van der Waals surface area contributed by atoms with Crippen molar-refractivity contribution in [2.75, 3.05) is 19.6 Å². The fraction of sp³-hybridized carbons (Fsp3) is 0.348. The molecule has 1 fully saturated rings. The molecule has 1 N–H and O–H groups in total. The summed E-state index contributed by atoms with van der Waals surface area (Å²) in [6.45, 7) is 1.87. The molecule has 7 nitrogen and oxygen atoms in total. The SMILES string of the molecule is Cn1nc(C2CCCN(C(=O)NCCc3ccccc3)C2)n(-c2ccccc2)c1=O. The van der Waals surface area contributed by atoms with Gasteiger partial charge in [0.1, 0.15) is 5.82 Å². The van der Waals surface area contributed by atoms with Crippen molar-refractivity contribution in [3.63, 3.8) is 0 Å². The van der Waals surface area contributed by atoms with Crippen LogP contribution in [-0.4, -0.2) is 44.9 Å². The number of nitrogens with zero attached hydrogens (tertiary/aromatic N) is 4. The molecule has 0 spiro atoms. The first kappa shape index (κ1) is 19.9. The summed E-state index contributed by atoms with van der Waals surface area (Å²) < 4.78 is 3.04. The van der Waals surface area contributed by atoms with Gasteiger partial charge in [0.15, 0.2) is 0 Å². The van der Waals surface area contributed by atoms with Crippen molar-refractivity contribution in [1.82, 2.24) is 24.6 Å². The second-order valence-electron chi connectivity index (χ2n) is 7.69. The minimum absolute atomic E-state index is 0.0210. The van der Waals surface area contributed by atoms with E-state index in [1.54, 1.807) is 11.6 Å². The maximum absolute atomic E-state index is 12.7. The van der Waals surface area contributed by atoms with Crippen LogP contribution in [0.25, 0.3) is 5.69 Å². The van der Waals surface area contributed by atoms with E-state index < -0.39 is 0 Å². The van der Waals surface area contributed by atoms with E-state index in [0.717, 1.165) is 37.3 Å². The van der Waals surface area contributed by atoms with Crippen molar-refractivity contribution >= 4 is 6.03 Å². The van der Waals surface area contributed by atoms with Gasteiger partial charge in [0.25, 0.3) is 0 Å². The summed E-state index contributed by atoms with van der Waals surface area (Å²) in [6.07, 6.45) is 2.59. The van der Waals surface area contributed by atoms with E-state index >= 15 is 0 Å². The third-order valence-corrected chi connectivity index (χ3v) is 5.57. The molecule has 2 amide bonds. The van der Waals surface area contributed by atoms with Crippen molar-refractivity contribution in [2.24, 2.45) is 7.05 Å². The first-order chi connectivity index (χ1) is 14.6. The number of hydrogen-bond acceptors (Lipinski definition) is 3.